The van der Waals surface area contributed by atoms with Gasteiger partial charge in [-0.25, -0.2) is 9.59 Å². The third kappa shape index (κ3) is 30.5. The number of benzene rings is 6. The lowest BCUT2D eigenvalue weighted by Crippen LogP contribution is -2.63. The Kier molecular flexibility index (Phi) is 40.5. The highest BCUT2D eigenvalue weighted by atomic mass is 127. The average Bonchev–Trinajstić information content (AvgIpc) is 1.64. The molecule has 6 aromatic carbocycles. The number of halogens is 1. The fourth-order valence-corrected chi connectivity index (χ4v) is 18.5. The maximum atomic E-state index is 13.8. The van der Waals surface area contributed by atoms with E-state index in [1.165, 1.54) is 11.1 Å². The van der Waals surface area contributed by atoms with Gasteiger partial charge in [0.2, 0.25) is 11.8 Å². The minimum absolute atomic E-state index is 0.0397. The first-order valence-corrected chi connectivity index (χ1v) is 53.1. The Hall–Kier alpha value is -11.6. The van der Waals surface area contributed by atoms with E-state index in [0.717, 1.165) is 104 Å². The van der Waals surface area contributed by atoms with Crippen LogP contribution in [0.15, 0.2) is 133 Å². The molecule has 2 amide bonds. The number of ketones is 2. The molecule has 139 heavy (non-hydrogen) atoms. The zero-order chi connectivity index (χ0) is 103. The molecule has 2 heterocycles. The van der Waals surface area contributed by atoms with E-state index in [1.807, 2.05) is 107 Å². The lowest BCUT2D eigenvalue weighted by atomic mass is 9.91. The maximum absolute atomic E-state index is 13.8. The van der Waals surface area contributed by atoms with Crippen LogP contribution >= 0.6 is 22.6 Å². The van der Waals surface area contributed by atoms with Gasteiger partial charge in [-0.1, -0.05) is 208 Å². The predicted molar refractivity (Wildman–Crippen MR) is 528 cm³/mol. The lowest BCUT2D eigenvalue weighted by molar-refractivity contribution is -0.240. The monoisotopic (exact) mass is 2060 g/mol. The molecular formula is C106H131IN2O28Si2. The quantitative estimate of drug-likeness (QED) is 0.0125. The molecule has 2 aliphatic carbocycles. The number of terminal acetylenes is 1. The molecule has 748 valence electrons. The van der Waals surface area contributed by atoms with Crippen LogP contribution in [0.25, 0.3) is 22.3 Å². The Bertz CT molecular complexity index is 5500. The van der Waals surface area contributed by atoms with Crippen LogP contribution in [0.4, 0.5) is 0 Å². The van der Waals surface area contributed by atoms with Crippen molar-refractivity contribution in [2.45, 2.75) is 285 Å². The van der Waals surface area contributed by atoms with Gasteiger partial charge < -0.3 is 76.3 Å². The number of fused-ring (bicyclic) bond motifs is 6. The molecule has 30 nitrogen and oxygen atoms in total. The number of hydrogen-bond acceptors (Lipinski definition) is 28. The number of Topliss-reactive ketones (excluding diaryl/α,β-unsaturated/α-hetero) is 2. The molecule has 2 fully saturated rings. The highest BCUT2D eigenvalue weighted by Gasteiger charge is 2.56. The standard InChI is InChI=1S/C53H65NO14Si.C38H48INO5Si.C15H18O9/c1-30(2)42(27-46(59)63-29-43-40-19-15-13-17-38(40)39-18-14-16-20-41(39)43)51(60)54-31(3)44(58)26-35-21-22-37(28-64-69(11,12)53(7,8)9)36(25-35)23-24-45-47(65-32(4)55)48(66-33(5)56)49(67-34(6)57)50(68-45)52(61)62-10;1-24(2)32(21-36(42)44-23-33-30-15-11-9-13-28(30)29-14-10-12-16-31(29)33)37(43)40-25(3)35(41)20-26-17-18-27(34(39)19-26)22-45-46(7,8)38(4,5)6;1-6-10-11(21-7(2)16)12(22-8(3)17)13(23-9(4)18)14(24-10)15(19)20-5/h13-22,25,30-31,42-43,45,47-50H,26-29H2,1-12H3,(H,54,60);9-19,24-25,32-33H,20-23H2,1-8H3,(H,40,43);1,10-14H,2-5H3/t31-,42-,45-,47-,48+,49-,50-;25-,32-;10?,11-,12+,13-,14-/m000/s1. The number of hydrogen-bond donors (Lipinski definition) is 2. The normalized spacial score (nSPS) is 19.5. The van der Waals surface area contributed by atoms with Gasteiger partial charge in [0.1, 0.15) is 13.2 Å². The molecule has 10 rings (SSSR count). The van der Waals surface area contributed by atoms with Gasteiger partial charge in [0.25, 0.3) is 0 Å². The largest absolute Gasteiger partial charge is 0.467 e. The molecule has 0 radical (unpaired) electrons. The minimum atomic E-state index is -2.30. The third-order valence-electron chi connectivity index (χ3n) is 25.6. The number of carbonyl (C=O) groups is 14. The van der Waals surface area contributed by atoms with Crippen molar-refractivity contribution in [3.05, 3.63) is 187 Å². The number of carbonyl (C=O) groups excluding carboxylic acids is 14. The van der Waals surface area contributed by atoms with E-state index in [2.05, 4.69) is 160 Å². The van der Waals surface area contributed by atoms with Gasteiger partial charge in [-0.3, -0.25) is 57.5 Å². The van der Waals surface area contributed by atoms with Crippen molar-refractivity contribution < 1.29 is 133 Å². The van der Waals surface area contributed by atoms with Crippen LogP contribution in [0.3, 0.4) is 0 Å². The number of methoxy groups -OCH3 is 2. The predicted octanol–water partition coefficient (Wildman–Crippen LogP) is 14.7. The van der Waals surface area contributed by atoms with Crippen molar-refractivity contribution in [2.24, 2.45) is 23.7 Å². The van der Waals surface area contributed by atoms with Gasteiger partial charge in [-0.05, 0) is 163 Å². The van der Waals surface area contributed by atoms with E-state index < -0.39 is 167 Å². The molecule has 14 atom stereocenters. The number of rotatable bonds is 34. The average molecular weight is 2060 g/mol. The molecule has 6 aromatic rings. The summed E-state index contributed by atoms with van der Waals surface area (Å²) in [6, 6.07) is 42.1. The van der Waals surface area contributed by atoms with Gasteiger partial charge in [-0.2, -0.15) is 0 Å². The van der Waals surface area contributed by atoms with Crippen molar-refractivity contribution in [1.29, 1.82) is 0 Å². The molecule has 4 aliphatic rings. The Labute approximate surface area is 829 Å². The summed E-state index contributed by atoms with van der Waals surface area (Å²) in [5, 5.41) is 5.70. The molecule has 0 saturated carbocycles. The highest BCUT2D eigenvalue weighted by molar-refractivity contribution is 14.1. The molecule has 1 unspecified atom stereocenters. The molecule has 2 saturated heterocycles. The Balaban J connectivity index is 0.000000289. The number of nitrogens with one attached hydrogen (secondary N) is 2. The van der Waals surface area contributed by atoms with Crippen molar-refractivity contribution in [1.82, 2.24) is 10.6 Å². The van der Waals surface area contributed by atoms with E-state index in [9.17, 15) is 67.1 Å². The molecule has 2 aliphatic heterocycles. The smallest absolute Gasteiger partial charge is 0.339 e. The van der Waals surface area contributed by atoms with Crippen LogP contribution in [0.1, 0.15) is 199 Å². The zero-order valence-electron chi connectivity index (χ0n) is 83.6. The lowest BCUT2D eigenvalue weighted by Gasteiger charge is -2.42. The van der Waals surface area contributed by atoms with Crippen molar-refractivity contribution in [3.8, 4) is 46.4 Å². The Morgan fingerprint density at radius 2 is 0.748 bits per heavy atom. The maximum Gasteiger partial charge on any atom is 0.339 e. The Morgan fingerprint density at radius 3 is 1.08 bits per heavy atom. The second-order valence-corrected chi connectivity index (χ2v) is 49.4. The fraction of sp³-hybridized carbons (Fsp3) is 0.491. The summed E-state index contributed by atoms with van der Waals surface area (Å²) >= 11 is 2.30. The highest BCUT2D eigenvalue weighted by Crippen LogP contribution is 2.47. The summed E-state index contributed by atoms with van der Waals surface area (Å²) in [5.41, 5.74) is 12.6. The number of esters is 10. The second-order valence-electron chi connectivity index (χ2n) is 38.6. The zero-order valence-corrected chi connectivity index (χ0v) is 87.8. The third-order valence-corrected chi connectivity index (χ3v) is 35.6. The second kappa shape index (κ2) is 50.0. The van der Waals surface area contributed by atoms with Crippen molar-refractivity contribution in [3.63, 3.8) is 0 Å². The molecule has 33 heteroatoms. The summed E-state index contributed by atoms with van der Waals surface area (Å²) < 4.78 is 78.2. The molecular weight excluding hydrogens is 1930 g/mol. The van der Waals surface area contributed by atoms with Gasteiger partial charge in [0, 0.05) is 75.4 Å². The van der Waals surface area contributed by atoms with E-state index in [1.54, 1.807) is 32.0 Å². The molecule has 0 aromatic heterocycles. The molecule has 0 spiro atoms. The summed E-state index contributed by atoms with van der Waals surface area (Å²) in [7, 11) is -1.98. The van der Waals surface area contributed by atoms with Gasteiger partial charge >= 0.3 is 59.7 Å². The minimum Gasteiger partial charge on any atom is -0.467 e. The van der Waals surface area contributed by atoms with Crippen LogP contribution < -0.4 is 10.6 Å². The Morgan fingerprint density at radius 1 is 0.432 bits per heavy atom. The first-order chi connectivity index (χ1) is 65.2. The van der Waals surface area contributed by atoms with Crippen molar-refractivity contribution >= 4 is 122 Å². The summed E-state index contributed by atoms with van der Waals surface area (Å²) in [5.74, 6) is -2.32. The van der Waals surface area contributed by atoms with Gasteiger partial charge in [0.05, 0.1) is 64.2 Å². The summed E-state index contributed by atoms with van der Waals surface area (Å²) in [4.78, 5) is 176. The number of ether oxygens (including phenoxy) is 12. The topological polar surface area (TPSA) is 392 Å². The van der Waals surface area contributed by atoms with Crippen LogP contribution in [0.5, 0.6) is 0 Å². The summed E-state index contributed by atoms with van der Waals surface area (Å²) in [6.45, 7) is 40.1. The van der Waals surface area contributed by atoms with Crippen LogP contribution in [0, 0.1) is 51.4 Å². The first-order valence-electron chi connectivity index (χ1n) is 46.2. The fourth-order valence-electron chi connectivity index (χ4n) is 15.9. The molecule has 2 N–H and O–H groups in total. The van der Waals surface area contributed by atoms with Gasteiger partial charge in [0.15, 0.2) is 89.2 Å². The van der Waals surface area contributed by atoms with Crippen LogP contribution in [-0.4, -0.2) is 200 Å². The van der Waals surface area contributed by atoms with E-state index in [0.29, 0.717) is 23.3 Å². The van der Waals surface area contributed by atoms with Crippen LogP contribution in [0.2, 0.25) is 36.3 Å². The van der Waals surface area contributed by atoms with Crippen LogP contribution in [-0.2, 0) is 159 Å². The SMILES string of the molecule is C#CC1O[C@H](C(=O)OC)[C@@H](OC(C)=O)[C@H](OC(C)=O)[C@H]1OC(C)=O.CC(C)[C@H](CC(=O)OCC1c2ccccc2-c2ccccc21)C(=O)N[C@@H](C)C(=O)Cc1ccc(CO[Si](C)(C)C(C)(C)C)c(I)c1.COC(=O)[C@H]1O[C@@H](C#Cc2cc(CC(=O)[C@H](C)NC(=O)[C@@H](CC(=O)OCC3c4ccccc4-c4ccccc43)C(C)C)ccc2CO[Si](C)(C)C(C)(C)C)[C@H](OC(C)=O)[C@@H](OC(C)=O)[C@@H]1OC(C)=O. The van der Waals surface area contributed by atoms with E-state index >= 15 is 0 Å². The number of amides is 2. The van der Waals surface area contributed by atoms with Gasteiger partial charge in [-0.15, -0.1) is 6.42 Å². The van der Waals surface area contributed by atoms with Crippen molar-refractivity contribution in [2.75, 3.05) is 27.4 Å². The van der Waals surface area contributed by atoms with E-state index in [4.69, 9.17) is 67.4 Å². The molecule has 0 bridgehead atoms. The van der Waals surface area contributed by atoms with E-state index in [-0.39, 0.29) is 96.7 Å². The summed E-state index contributed by atoms with van der Waals surface area (Å²) in [6.07, 6.45) is -9.04. The first kappa shape index (κ1) is 113.